The summed E-state index contributed by atoms with van der Waals surface area (Å²) in [6.07, 6.45) is 4.59. The molecule has 1 heterocycles. The van der Waals surface area contributed by atoms with Crippen LogP contribution in [0.1, 0.15) is 19.0 Å². The van der Waals surface area contributed by atoms with Gasteiger partial charge in [-0.15, -0.1) is 0 Å². The van der Waals surface area contributed by atoms with Crippen molar-refractivity contribution in [2.75, 3.05) is 13.7 Å². The number of nitrogens with one attached hydrogen (secondary N) is 1. The minimum atomic E-state index is -0.263. The van der Waals surface area contributed by atoms with Crippen molar-refractivity contribution in [3.8, 4) is 0 Å². The molecular weight excluding hydrogens is 194 g/mol. The van der Waals surface area contributed by atoms with Gasteiger partial charge < -0.3 is 14.6 Å². The van der Waals surface area contributed by atoms with Crippen LogP contribution in [0.15, 0.2) is 12.5 Å². The molecule has 0 fully saturated rings. The second kappa shape index (κ2) is 6.19. The predicted molar refractivity (Wildman–Crippen MR) is 56.2 cm³/mol. The zero-order valence-corrected chi connectivity index (χ0v) is 9.19. The highest BCUT2D eigenvalue weighted by Gasteiger charge is 2.03. The van der Waals surface area contributed by atoms with Crippen molar-refractivity contribution >= 4 is 5.97 Å². The Hall–Kier alpha value is -1.36. The first-order valence-electron chi connectivity index (χ1n) is 5.04. The number of imidazole rings is 1. The first-order valence-corrected chi connectivity index (χ1v) is 5.04. The van der Waals surface area contributed by atoms with Gasteiger partial charge in [0.15, 0.2) is 0 Å². The topological polar surface area (TPSA) is 56.2 Å². The molecule has 1 rings (SSSR count). The highest BCUT2D eigenvalue weighted by Crippen LogP contribution is 1.96. The third-order valence-electron chi connectivity index (χ3n) is 1.96. The smallest absolute Gasteiger partial charge is 0.325 e. The summed E-state index contributed by atoms with van der Waals surface area (Å²) in [4.78, 5) is 15.1. The Bertz CT molecular complexity index is 309. The normalized spacial score (nSPS) is 10.3. The lowest BCUT2D eigenvalue weighted by atomic mass is 10.4. The number of carbonyl (C=O) groups excluding carboxylic acids is 1. The van der Waals surface area contributed by atoms with Crippen LogP contribution in [-0.4, -0.2) is 29.2 Å². The number of rotatable bonds is 6. The number of esters is 1. The van der Waals surface area contributed by atoms with Gasteiger partial charge >= 0.3 is 5.97 Å². The summed E-state index contributed by atoms with van der Waals surface area (Å²) in [6, 6.07) is 0. The van der Waals surface area contributed by atoms with E-state index in [1.807, 2.05) is 6.20 Å². The number of hydrogen-bond acceptors (Lipinski definition) is 4. The van der Waals surface area contributed by atoms with Crippen LogP contribution < -0.4 is 5.32 Å². The van der Waals surface area contributed by atoms with Gasteiger partial charge in [0.2, 0.25) is 0 Å². The molecule has 1 N–H and O–H groups in total. The van der Waals surface area contributed by atoms with Crippen LogP contribution in [0.2, 0.25) is 0 Å². The Morgan fingerprint density at radius 3 is 3.13 bits per heavy atom. The van der Waals surface area contributed by atoms with E-state index in [2.05, 4.69) is 22.0 Å². The van der Waals surface area contributed by atoms with Crippen molar-refractivity contribution in [2.24, 2.45) is 0 Å². The molecular formula is C10H17N3O2. The van der Waals surface area contributed by atoms with Gasteiger partial charge in [0, 0.05) is 12.7 Å². The second-order valence-corrected chi connectivity index (χ2v) is 3.29. The van der Waals surface area contributed by atoms with Gasteiger partial charge in [-0.1, -0.05) is 6.92 Å². The summed E-state index contributed by atoms with van der Waals surface area (Å²) < 4.78 is 6.28. The minimum absolute atomic E-state index is 0.220. The molecule has 0 aliphatic heterocycles. The molecule has 0 aliphatic rings. The lowest BCUT2D eigenvalue weighted by Crippen LogP contribution is -2.14. The van der Waals surface area contributed by atoms with Crippen LogP contribution in [0.4, 0.5) is 0 Å². The summed E-state index contributed by atoms with van der Waals surface area (Å²) in [5, 5.41) is 3.24. The van der Waals surface area contributed by atoms with Crippen molar-refractivity contribution in [3.63, 3.8) is 0 Å². The number of carbonyl (C=O) groups is 1. The molecule has 0 amide bonds. The summed E-state index contributed by atoms with van der Waals surface area (Å²) in [7, 11) is 1.38. The molecule has 0 aliphatic carbocycles. The Morgan fingerprint density at radius 2 is 2.47 bits per heavy atom. The lowest BCUT2D eigenvalue weighted by Gasteiger charge is -1.99. The number of ether oxygens (including phenoxy) is 1. The number of methoxy groups -OCH3 is 1. The first-order chi connectivity index (χ1) is 7.26. The molecule has 0 saturated carbocycles. The van der Waals surface area contributed by atoms with Gasteiger partial charge in [0.25, 0.3) is 0 Å². The number of aromatic nitrogens is 2. The molecule has 15 heavy (non-hydrogen) atoms. The van der Waals surface area contributed by atoms with Crippen molar-refractivity contribution < 1.29 is 9.53 Å². The summed E-state index contributed by atoms with van der Waals surface area (Å²) in [5.41, 5.74) is 0.937. The third-order valence-corrected chi connectivity index (χ3v) is 1.96. The van der Waals surface area contributed by atoms with Crippen molar-refractivity contribution in [1.82, 2.24) is 14.9 Å². The Balaban J connectivity index is 2.38. The van der Waals surface area contributed by atoms with Gasteiger partial charge in [-0.25, -0.2) is 4.98 Å². The molecule has 0 bridgehead atoms. The Morgan fingerprint density at radius 1 is 1.67 bits per heavy atom. The highest BCUT2D eigenvalue weighted by atomic mass is 16.5. The fourth-order valence-corrected chi connectivity index (χ4v) is 1.19. The largest absolute Gasteiger partial charge is 0.468 e. The fraction of sp³-hybridized carbons (Fsp3) is 0.600. The molecule has 1 aromatic rings. The van der Waals surface area contributed by atoms with E-state index >= 15 is 0 Å². The van der Waals surface area contributed by atoms with E-state index in [1.165, 1.54) is 7.11 Å². The fourth-order valence-electron chi connectivity index (χ4n) is 1.19. The van der Waals surface area contributed by atoms with Crippen LogP contribution in [0.3, 0.4) is 0 Å². The summed E-state index contributed by atoms with van der Waals surface area (Å²) in [6.45, 7) is 4.05. The van der Waals surface area contributed by atoms with Crippen LogP contribution >= 0.6 is 0 Å². The molecule has 84 valence electrons. The van der Waals surface area contributed by atoms with Crippen LogP contribution in [0.25, 0.3) is 0 Å². The summed E-state index contributed by atoms with van der Waals surface area (Å²) >= 11 is 0. The maximum absolute atomic E-state index is 11.0. The zero-order valence-electron chi connectivity index (χ0n) is 9.19. The third kappa shape index (κ3) is 4.12. The van der Waals surface area contributed by atoms with E-state index in [9.17, 15) is 4.79 Å². The second-order valence-electron chi connectivity index (χ2n) is 3.29. The van der Waals surface area contributed by atoms with E-state index in [0.29, 0.717) is 0 Å². The molecule has 0 saturated heterocycles. The molecule has 0 spiro atoms. The van der Waals surface area contributed by atoms with Crippen LogP contribution in [0.5, 0.6) is 0 Å². The maximum atomic E-state index is 11.0. The Labute approximate surface area is 89.4 Å². The Kier molecular flexibility index (Phi) is 4.83. The van der Waals surface area contributed by atoms with Gasteiger partial charge in [0.05, 0.1) is 19.1 Å². The SMILES string of the molecule is CCCNCc1cn(CC(=O)OC)cn1. The van der Waals surface area contributed by atoms with Crippen molar-refractivity contribution in [1.29, 1.82) is 0 Å². The highest BCUT2D eigenvalue weighted by molar-refractivity contribution is 5.68. The van der Waals surface area contributed by atoms with Gasteiger partial charge in [0.1, 0.15) is 6.54 Å². The van der Waals surface area contributed by atoms with E-state index in [-0.39, 0.29) is 12.5 Å². The molecule has 0 atom stereocenters. The molecule has 0 aromatic carbocycles. The van der Waals surface area contributed by atoms with E-state index in [4.69, 9.17) is 0 Å². The maximum Gasteiger partial charge on any atom is 0.325 e. The van der Waals surface area contributed by atoms with Gasteiger partial charge in [-0.05, 0) is 13.0 Å². The van der Waals surface area contributed by atoms with E-state index in [1.54, 1.807) is 10.9 Å². The molecule has 5 heteroatoms. The number of nitrogens with zero attached hydrogens (tertiary/aromatic N) is 2. The molecule has 0 radical (unpaired) electrons. The molecule has 1 aromatic heterocycles. The van der Waals surface area contributed by atoms with Crippen LogP contribution in [-0.2, 0) is 22.6 Å². The molecule has 0 unspecified atom stereocenters. The standard InChI is InChI=1S/C10H17N3O2/c1-3-4-11-5-9-6-13(8-12-9)7-10(14)15-2/h6,8,11H,3-5,7H2,1-2H3. The van der Waals surface area contributed by atoms with E-state index < -0.39 is 0 Å². The quantitative estimate of drug-likeness (QED) is 0.551. The van der Waals surface area contributed by atoms with Gasteiger partial charge in [-0.2, -0.15) is 0 Å². The average molecular weight is 211 g/mol. The zero-order chi connectivity index (χ0) is 11.1. The number of hydrogen-bond donors (Lipinski definition) is 1. The molecule has 5 nitrogen and oxygen atoms in total. The summed E-state index contributed by atoms with van der Waals surface area (Å²) in [5.74, 6) is -0.263. The van der Waals surface area contributed by atoms with Crippen molar-refractivity contribution in [2.45, 2.75) is 26.4 Å². The lowest BCUT2D eigenvalue weighted by molar-refractivity contribution is -0.141. The van der Waals surface area contributed by atoms with Crippen molar-refractivity contribution in [3.05, 3.63) is 18.2 Å². The predicted octanol–water partition coefficient (Wildman–Crippen LogP) is 0.556. The van der Waals surface area contributed by atoms with E-state index in [0.717, 1.165) is 25.2 Å². The first kappa shape index (κ1) is 11.7. The minimum Gasteiger partial charge on any atom is -0.468 e. The monoisotopic (exact) mass is 211 g/mol. The van der Waals surface area contributed by atoms with Gasteiger partial charge in [-0.3, -0.25) is 4.79 Å². The average Bonchev–Trinajstić information content (AvgIpc) is 2.66. The van der Waals surface area contributed by atoms with Crippen LogP contribution in [0, 0.1) is 0 Å².